The van der Waals surface area contributed by atoms with Crippen LogP contribution in [0.1, 0.15) is 12.0 Å². The molecule has 0 unspecified atom stereocenters. The van der Waals surface area contributed by atoms with Gasteiger partial charge < -0.3 is 15.6 Å². The Bertz CT molecular complexity index is 676. The summed E-state index contributed by atoms with van der Waals surface area (Å²) in [6.07, 6.45) is 5.26. The van der Waals surface area contributed by atoms with E-state index in [0.717, 1.165) is 5.56 Å². The fourth-order valence-electron chi connectivity index (χ4n) is 1.81. The SMILES string of the molecule is NC(=S)CCN(Cc1cccnc1)c1nc[nH]c(=O)c1Cl. The minimum Gasteiger partial charge on any atom is -0.393 e. The zero-order valence-corrected chi connectivity index (χ0v) is 12.7. The molecule has 2 heterocycles. The average Bonchev–Trinajstić information content (AvgIpc) is 2.47. The fraction of sp³-hybridized carbons (Fsp3) is 0.231. The molecule has 0 bridgehead atoms. The highest BCUT2D eigenvalue weighted by atomic mass is 35.5. The third-order valence-electron chi connectivity index (χ3n) is 2.80. The monoisotopic (exact) mass is 323 g/mol. The lowest BCUT2D eigenvalue weighted by Gasteiger charge is -2.24. The van der Waals surface area contributed by atoms with Crippen molar-refractivity contribution >= 4 is 34.6 Å². The van der Waals surface area contributed by atoms with Crippen molar-refractivity contribution in [3.05, 3.63) is 51.8 Å². The highest BCUT2D eigenvalue weighted by molar-refractivity contribution is 7.80. The van der Waals surface area contributed by atoms with E-state index in [1.165, 1.54) is 6.33 Å². The van der Waals surface area contributed by atoms with Crippen LogP contribution in [-0.4, -0.2) is 26.5 Å². The van der Waals surface area contributed by atoms with E-state index in [2.05, 4.69) is 15.0 Å². The topological polar surface area (TPSA) is 87.9 Å². The van der Waals surface area contributed by atoms with Crippen LogP contribution in [0.15, 0.2) is 35.6 Å². The number of rotatable bonds is 6. The van der Waals surface area contributed by atoms with Gasteiger partial charge in [-0.05, 0) is 11.6 Å². The lowest BCUT2D eigenvalue weighted by atomic mass is 10.2. The molecule has 0 saturated heterocycles. The van der Waals surface area contributed by atoms with E-state index < -0.39 is 0 Å². The summed E-state index contributed by atoms with van der Waals surface area (Å²) >= 11 is 10.9. The number of nitrogens with one attached hydrogen (secondary N) is 1. The number of nitrogens with zero attached hydrogens (tertiary/aromatic N) is 3. The first-order valence-electron chi connectivity index (χ1n) is 6.23. The Kier molecular flexibility index (Phi) is 5.24. The molecule has 0 aromatic carbocycles. The molecule has 2 rings (SSSR count). The van der Waals surface area contributed by atoms with Crippen molar-refractivity contribution in [2.75, 3.05) is 11.4 Å². The quantitative estimate of drug-likeness (QED) is 0.783. The van der Waals surface area contributed by atoms with Gasteiger partial charge in [-0.25, -0.2) is 4.98 Å². The van der Waals surface area contributed by atoms with Gasteiger partial charge in [-0.1, -0.05) is 29.9 Å². The van der Waals surface area contributed by atoms with Gasteiger partial charge in [-0.3, -0.25) is 9.78 Å². The van der Waals surface area contributed by atoms with Crippen LogP contribution in [0.3, 0.4) is 0 Å². The molecule has 0 aliphatic carbocycles. The number of nitrogens with two attached hydrogens (primary N) is 1. The molecule has 0 saturated carbocycles. The van der Waals surface area contributed by atoms with Gasteiger partial charge in [0.05, 0.1) is 11.3 Å². The lowest BCUT2D eigenvalue weighted by molar-refractivity contribution is 0.783. The zero-order chi connectivity index (χ0) is 15.2. The second kappa shape index (κ2) is 7.14. The number of hydrogen-bond donors (Lipinski definition) is 2. The van der Waals surface area contributed by atoms with Crippen molar-refractivity contribution in [2.45, 2.75) is 13.0 Å². The smallest absolute Gasteiger partial charge is 0.271 e. The van der Waals surface area contributed by atoms with E-state index in [1.54, 1.807) is 12.4 Å². The fourth-order valence-corrected chi connectivity index (χ4v) is 2.13. The summed E-state index contributed by atoms with van der Waals surface area (Å²) in [7, 11) is 0. The van der Waals surface area contributed by atoms with Crippen molar-refractivity contribution in [3.63, 3.8) is 0 Å². The Hall–Kier alpha value is -1.99. The molecule has 110 valence electrons. The molecule has 2 aromatic rings. The zero-order valence-electron chi connectivity index (χ0n) is 11.1. The molecule has 8 heteroatoms. The van der Waals surface area contributed by atoms with E-state index in [4.69, 9.17) is 29.6 Å². The van der Waals surface area contributed by atoms with Crippen molar-refractivity contribution in [3.8, 4) is 0 Å². The van der Waals surface area contributed by atoms with Gasteiger partial charge in [0.25, 0.3) is 5.56 Å². The Morgan fingerprint density at radius 3 is 3.00 bits per heavy atom. The third-order valence-corrected chi connectivity index (χ3v) is 3.35. The highest BCUT2D eigenvalue weighted by Gasteiger charge is 2.15. The van der Waals surface area contributed by atoms with E-state index in [9.17, 15) is 4.79 Å². The first-order chi connectivity index (χ1) is 10.1. The molecule has 3 N–H and O–H groups in total. The summed E-state index contributed by atoms with van der Waals surface area (Å²) in [5.41, 5.74) is 6.14. The van der Waals surface area contributed by atoms with Gasteiger partial charge in [0.1, 0.15) is 5.02 Å². The molecule has 0 aliphatic heterocycles. The van der Waals surface area contributed by atoms with Gasteiger partial charge in [0, 0.05) is 31.9 Å². The van der Waals surface area contributed by atoms with Crippen molar-refractivity contribution in [1.29, 1.82) is 0 Å². The van der Waals surface area contributed by atoms with Gasteiger partial charge >= 0.3 is 0 Å². The van der Waals surface area contributed by atoms with E-state index in [-0.39, 0.29) is 10.6 Å². The second-order valence-corrected chi connectivity index (χ2v) is 5.27. The van der Waals surface area contributed by atoms with Gasteiger partial charge in [-0.15, -0.1) is 0 Å². The highest BCUT2D eigenvalue weighted by Crippen LogP contribution is 2.20. The number of aromatic nitrogens is 3. The maximum absolute atomic E-state index is 11.6. The Morgan fingerprint density at radius 2 is 2.33 bits per heavy atom. The standard InChI is InChI=1S/C13H14ClN5OS/c14-11-12(17-8-18-13(11)20)19(5-3-10(15)21)7-9-2-1-4-16-6-9/h1-2,4,6,8H,3,5,7H2,(H2,15,21)(H,17,18,20). The Balaban J connectivity index is 2.29. The van der Waals surface area contributed by atoms with Gasteiger partial charge in [-0.2, -0.15) is 0 Å². The van der Waals surface area contributed by atoms with Crippen LogP contribution in [0.4, 0.5) is 5.82 Å². The van der Waals surface area contributed by atoms with Crippen molar-refractivity contribution < 1.29 is 0 Å². The normalized spacial score (nSPS) is 10.3. The molecule has 6 nitrogen and oxygen atoms in total. The summed E-state index contributed by atoms with van der Waals surface area (Å²) in [6.45, 7) is 1.02. The van der Waals surface area contributed by atoms with Crippen molar-refractivity contribution in [1.82, 2.24) is 15.0 Å². The predicted molar refractivity (Wildman–Crippen MR) is 86.6 cm³/mol. The number of pyridine rings is 1. The molecule has 0 spiro atoms. The van der Waals surface area contributed by atoms with Crippen LogP contribution in [-0.2, 0) is 6.54 Å². The van der Waals surface area contributed by atoms with Crippen LogP contribution in [0, 0.1) is 0 Å². The molecule has 21 heavy (non-hydrogen) atoms. The maximum atomic E-state index is 11.6. The van der Waals surface area contributed by atoms with Crippen LogP contribution in [0.25, 0.3) is 0 Å². The minimum absolute atomic E-state index is 0.0457. The number of H-pyrrole nitrogens is 1. The van der Waals surface area contributed by atoms with E-state index in [1.807, 2.05) is 17.0 Å². The Labute approximate surface area is 132 Å². The number of hydrogen-bond acceptors (Lipinski definition) is 5. The number of anilines is 1. The lowest BCUT2D eigenvalue weighted by Crippen LogP contribution is -2.29. The summed E-state index contributed by atoms with van der Waals surface area (Å²) in [5, 5.41) is 0.0457. The molecular weight excluding hydrogens is 310 g/mol. The first kappa shape index (κ1) is 15.4. The number of aromatic amines is 1. The average molecular weight is 324 g/mol. The maximum Gasteiger partial charge on any atom is 0.271 e. The molecular formula is C13H14ClN5OS. The first-order valence-corrected chi connectivity index (χ1v) is 7.02. The van der Waals surface area contributed by atoms with Crippen LogP contribution < -0.4 is 16.2 Å². The van der Waals surface area contributed by atoms with Gasteiger partial charge in [0.15, 0.2) is 5.82 Å². The molecule has 0 fully saturated rings. The third kappa shape index (κ3) is 4.24. The van der Waals surface area contributed by atoms with E-state index >= 15 is 0 Å². The molecule has 0 atom stereocenters. The summed E-state index contributed by atoms with van der Waals surface area (Å²) in [5.74, 6) is 0.403. The predicted octanol–water partition coefficient (Wildman–Crippen LogP) is 1.50. The number of thiocarbonyl (C=S) groups is 1. The van der Waals surface area contributed by atoms with Gasteiger partial charge in [0.2, 0.25) is 0 Å². The summed E-state index contributed by atoms with van der Waals surface area (Å²) < 4.78 is 0. The molecule has 0 aliphatic rings. The van der Waals surface area contributed by atoms with Crippen LogP contribution in [0.5, 0.6) is 0 Å². The summed E-state index contributed by atoms with van der Waals surface area (Å²) in [6, 6.07) is 3.77. The number of halogens is 1. The van der Waals surface area contributed by atoms with Crippen LogP contribution in [0.2, 0.25) is 5.02 Å². The Morgan fingerprint density at radius 1 is 1.52 bits per heavy atom. The van der Waals surface area contributed by atoms with Crippen LogP contribution >= 0.6 is 23.8 Å². The largest absolute Gasteiger partial charge is 0.393 e. The molecule has 0 amide bonds. The van der Waals surface area contributed by atoms with E-state index in [0.29, 0.717) is 30.3 Å². The molecule has 0 radical (unpaired) electrons. The minimum atomic E-state index is -0.381. The van der Waals surface area contributed by atoms with Crippen molar-refractivity contribution in [2.24, 2.45) is 5.73 Å². The molecule has 2 aromatic heterocycles. The second-order valence-electron chi connectivity index (χ2n) is 4.37. The summed E-state index contributed by atoms with van der Waals surface area (Å²) in [4.78, 5) is 24.5.